The zero-order chi connectivity index (χ0) is 20.7. The second kappa shape index (κ2) is 9.25. The highest BCUT2D eigenvalue weighted by Gasteiger charge is 2.36. The molecule has 0 fully saturated rings. The van der Waals surface area contributed by atoms with E-state index in [4.69, 9.17) is 4.74 Å². The van der Waals surface area contributed by atoms with Crippen molar-refractivity contribution in [2.75, 3.05) is 25.5 Å². The molecule has 0 unspecified atom stereocenters. The predicted molar refractivity (Wildman–Crippen MR) is 99.3 cm³/mol. The van der Waals surface area contributed by atoms with E-state index >= 15 is 0 Å². The fraction of sp³-hybridized carbons (Fsp3) is 0.300. The molecule has 2 amide bonds. The van der Waals surface area contributed by atoms with E-state index in [9.17, 15) is 22.8 Å². The third kappa shape index (κ3) is 5.25. The summed E-state index contributed by atoms with van der Waals surface area (Å²) < 4.78 is 44.8. The van der Waals surface area contributed by atoms with Gasteiger partial charge in [-0.3, -0.25) is 9.59 Å². The second-order valence-corrected chi connectivity index (χ2v) is 6.02. The number of ether oxygens (including phenoxy) is 1. The molecular weight excluding hydrogens is 373 g/mol. The summed E-state index contributed by atoms with van der Waals surface area (Å²) in [6.07, 6.45) is -4.17. The summed E-state index contributed by atoms with van der Waals surface area (Å²) in [5.74, 6) is -0.938. The van der Waals surface area contributed by atoms with Gasteiger partial charge in [0.15, 0.2) is 0 Å². The Kier molecular flexibility index (Phi) is 7.03. The van der Waals surface area contributed by atoms with Gasteiger partial charge in [-0.05, 0) is 30.7 Å². The summed E-state index contributed by atoms with van der Waals surface area (Å²) in [5.41, 5.74) is -1.09. The number of nitrogens with zero attached hydrogens (tertiary/aromatic N) is 1. The van der Waals surface area contributed by atoms with Gasteiger partial charge in [-0.1, -0.05) is 31.2 Å². The standard InChI is InChI=1S/C20H21F3N2O3/c1-3-12-25(13-18(26)24-16-10-6-7-11-17(16)28-2)19(27)14-8-4-5-9-15(14)20(21,22)23/h4-11H,3,12-13H2,1-2H3,(H,24,26). The molecule has 0 saturated carbocycles. The molecule has 0 aliphatic heterocycles. The van der Waals surface area contributed by atoms with Crippen molar-refractivity contribution >= 4 is 17.5 Å². The largest absolute Gasteiger partial charge is 0.495 e. The Labute approximate surface area is 161 Å². The molecule has 150 valence electrons. The molecule has 8 heteroatoms. The quantitative estimate of drug-likeness (QED) is 0.766. The van der Waals surface area contributed by atoms with E-state index in [1.165, 1.54) is 19.2 Å². The first-order valence-electron chi connectivity index (χ1n) is 8.66. The lowest BCUT2D eigenvalue weighted by molar-refractivity contribution is -0.138. The summed E-state index contributed by atoms with van der Waals surface area (Å²) in [7, 11) is 1.45. The molecule has 0 aliphatic rings. The van der Waals surface area contributed by atoms with Crippen molar-refractivity contribution in [3.63, 3.8) is 0 Å². The van der Waals surface area contributed by atoms with Crippen LogP contribution in [0.2, 0.25) is 0 Å². The average molecular weight is 394 g/mol. The van der Waals surface area contributed by atoms with Gasteiger partial charge < -0.3 is 15.0 Å². The normalized spacial score (nSPS) is 11.0. The van der Waals surface area contributed by atoms with Crippen LogP contribution in [-0.4, -0.2) is 36.9 Å². The molecule has 2 aromatic carbocycles. The number of rotatable bonds is 7. The smallest absolute Gasteiger partial charge is 0.417 e. The van der Waals surface area contributed by atoms with Crippen LogP contribution in [0.5, 0.6) is 5.75 Å². The Morgan fingerprint density at radius 2 is 1.71 bits per heavy atom. The van der Waals surface area contributed by atoms with Gasteiger partial charge in [0, 0.05) is 6.54 Å². The molecule has 2 rings (SSSR count). The summed E-state index contributed by atoms with van der Waals surface area (Å²) >= 11 is 0. The van der Waals surface area contributed by atoms with Gasteiger partial charge in [-0.15, -0.1) is 0 Å². The van der Waals surface area contributed by atoms with Gasteiger partial charge >= 0.3 is 6.18 Å². The van der Waals surface area contributed by atoms with Crippen molar-refractivity contribution in [1.82, 2.24) is 4.90 Å². The molecule has 0 saturated heterocycles. The van der Waals surface area contributed by atoms with Crippen LogP contribution in [0, 0.1) is 0 Å². The molecule has 1 N–H and O–H groups in total. The number of anilines is 1. The average Bonchev–Trinajstić information content (AvgIpc) is 2.67. The highest BCUT2D eigenvalue weighted by molar-refractivity contribution is 6.00. The first kappa shape index (κ1) is 21.3. The van der Waals surface area contributed by atoms with E-state index in [0.717, 1.165) is 17.0 Å². The maximum Gasteiger partial charge on any atom is 0.417 e. The maximum absolute atomic E-state index is 13.2. The minimum absolute atomic E-state index is 0.143. The summed E-state index contributed by atoms with van der Waals surface area (Å²) in [6, 6.07) is 11.3. The van der Waals surface area contributed by atoms with Crippen LogP contribution >= 0.6 is 0 Å². The zero-order valence-electron chi connectivity index (χ0n) is 15.5. The summed E-state index contributed by atoms with van der Waals surface area (Å²) in [4.78, 5) is 26.2. The lowest BCUT2D eigenvalue weighted by Gasteiger charge is -2.23. The van der Waals surface area contributed by atoms with Crippen LogP contribution in [-0.2, 0) is 11.0 Å². The van der Waals surface area contributed by atoms with Gasteiger partial charge in [0.05, 0.1) is 23.9 Å². The number of hydrogen-bond donors (Lipinski definition) is 1. The third-order valence-corrected chi connectivity index (χ3v) is 3.96. The molecule has 0 radical (unpaired) electrons. The van der Waals surface area contributed by atoms with Gasteiger partial charge in [0.1, 0.15) is 12.3 Å². The van der Waals surface area contributed by atoms with E-state index in [2.05, 4.69) is 5.32 Å². The first-order chi connectivity index (χ1) is 13.3. The monoisotopic (exact) mass is 394 g/mol. The van der Waals surface area contributed by atoms with Crippen LogP contribution in [0.4, 0.5) is 18.9 Å². The Balaban J connectivity index is 2.21. The molecule has 0 bridgehead atoms. The number of carbonyl (C=O) groups is 2. The Bertz CT molecular complexity index is 837. The van der Waals surface area contributed by atoms with Crippen LogP contribution in [0.25, 0.3) is 0 Å². The molecule has 0 atom stereocenters. The fourth-order valence-corrected chi connectivity index (χ4v) is 2.72. The highest BCUT2D eigenvalue weighted by Crippen LogP contribution is 2.32. The molecule has 0 spiro atoms. The summed E-state index contributed by atoms with van der Waals surface area (Å²) in [6.45, 7) is 1.54. The zero-order valence-corrected chi connectivity index (χ0v) is 15.5. The van der Waals surface area contributed by atoms with Crippen molar-refractivity contribution < 1.29 is 27.5 Å². The van der Waals surface area contributed by atoms with Crippen molar-refractivity contribution in [3.8, 4) is 5.75 Å². The van der Waals surface area contributed by atoms with E-state index in [1.54, 1.807) is 31.2 Å². The number of alkyl halides is 3. The molecule has 0 aliphatic carbocycles. The topological polar surface area (TPSA) is 58.6 Å². The number of nitrogens with one attached hydrogen (secondary N) is 1. The number of amides is 2. The molecule has 5 nitrogen and oxygen atoms in total. The molecule has 0 heterocycles. The van der Waals surface area contributed by atoms with Crippen molar-refractivity contribution in [3.05, 3.63) is 59.7 Å². The first-order valence-corrected chi connectivity index (χ1v) is 8.66. The minimum Gasteiger partial charge on any atom is -0.495 e. The molecular formula is C20H21F3N2O3. The number of para-hydroxylation sites is 2. The minimum atomic E-state index is -4.66. The van der Waals surface area contributed by atoms with Gasteiger partial charge in [0.2, 0.25) is 5.91 Å². The van der Waals surface area contributed by atoms with Crippen molar-refractivity contribution in [1.29, 1.82) is 0 Å². The van der Waals surface area contributed by atoms with E-state index in [1.807, 2.05) is 0 Å². The van der Waals surface area contributed by atoms with Crippen LogP contribution in [0.3, 0.4) is 0 Å². The highest BCUT2D eigenvalue weighted by atomic mass is 19.4. The second-order valence-electron chi connectivity index (χ2n) is 6.02. The molecule has 2 aromatic rings. The Hall–Kier alpha value is -3.03. The lowest BCUT2D eigenvalue weighted by atomic mass is 10.1. The number of carbonyl (C=O) groups excluding carboxylic acids is 2. The number of methoxy groups -OCH3 is 1. The predicted octanol–water partition coefficient (Wildman–Crippen LogP) is 4.20. The lowest BCUT2D eigenvalue weighted by Crippen LogP contribution is -2.39. The Morgan fingerprint density at radius 3 is 2.36 bits per heavy atom. The van der Waals surface area contributed by atoms with Gasteiger partial charge in [0.25, 0.3) is 5.91 Å². The molecule has 28 heavy (non-hydrogen) atoms. The SMILES string of the molecule is CCCN(CC(=O)Nc1ccccc1OC)C(=O)c1ccccc1C(F)(F)F. The van der Waals surface area contributed by atoms with Crippen LogP contribution in [0.1, 0.15) is 29.3 Å². The fourth-order valence-electron chi connectivity index (χ4n) is 2.72. The number of hydrogen-bond acceptors (Lipinski definition) is 3. The van der Waals surface area contributed by atoms with Crippen LogP contribution in [0.15, 0.2) is 48.5 Å². The van der Waals surface area contributed by atoms with Crippen molar-refractivity contribution in [2.45, 2.75) is 19.5 Å². The summed E-state index contributed by atoms with van der Waals surface area (Å²) in [5, 5.41) is 2.62. The van der Waals surface area contributed by atoms with E-state index < -0.39 is 29.1 Å². The maximum atomic E-state index is 13.2. The number of halogens is 3. The van der Waals surface area contributed by atoms with Gasteiger partial charge in [-0.2, -0.15) is 13.2 Å². The third-order valence-electron chi connectivity index (χ3n) is 3.96. The van der Waals surface area contributed by atoms with Crippen molar-refractivity contribution in [2.24, 2.45) is 0 Å². The number of benzene rings is 2. The Morgan fingerprint density at radius 1 is 1.07 bits per heavy atom. The van der Waals surface area contributed by atoms with Gasteiger partial charge in [-0.25, -0.2) is 0 Å². The van der Waals surface area contributed by atoms with E-state index in [0.29, 0.717) is 17.9 Å². The molecule has 0 aromatic heterocycles. The van der Waals surface area contributed by atoms with E-state index in [-0.39, 0.29) is 13.1 Å². The van der Waals surface area contributed by atoms with Crippen LogP contribution < -0.4 is 10.1 Å².